The number of allylic oxidation sites excluding steroid dienone is 8. The summed E-state index contributed by atoms with van der Waals surface area (Å²) in [7, 11) is 0. The van der Waals surface area contributed by atoms with E-state index in [0.717, 1.165) is 11.1 Å². The molecule has 5 aliphatic carbocycles. The zero-order valence-electron chi connectivity index (χ0n) is 26.5. The molecule has 4 heteroatoms. The van der Waals surface area contributed by atoms with Crippen molar-refractivity contribution in [3.05, 3.63) is 78.0 Å². The van der Waals surface area contributed by atoms with Gasteiger partial charge in [0.2, 0.25) is 21.1 Å². The van der Waals surface area contributed by atoms with Gasteiger partial charge >= 0.3 is 0 Å². The molecule has 4 fully saturated rings. The predicted octanol–water partition coefficient (Wildman–Crippen LogP) is 11.3. The zero-order valence-corrected chi connectivity index (χ0v) is 28.2. The molecule has 0 unspecified atom stereocenters. The van der Waals surface area contributed by atoms with Crippen molar-refractivity contribution in [1.29, 1.82) is 0 Å². The van der Waals surface area contributed by atoms with E-state index in [2.05, 4.69) is 24.3 Å². The van der Waals surface area contributed by atoms with Gasteiger partial charge in [0.1, 0.15) is 0 Å². The average Bonchev–Trinajstić information content (AvgIpc) is 3.10. The molecule has 0 atom stereocenters. The summed E-state index contributed by atoms with van der Waals surface area (Å²) in [6, 6.07) is 4.63. The zero-order chi connectivity index (χ0) is 29.9. The fourth-order valence-corrected chi connectivity index (χ4v) is 11.6. The number of carbonyl (C=O) groups is 1. The van der Waals surface area contributed by atoms with E-state index >= 15 is 0 Å². The summed E-state index contributed by atoms with van der Waals surface area (Å²) in [4.78, 5) is 19.5. The first-order valence-electron chi connectivity index (χ1n) is 18.1. The number of rotatable bonds is 6. The Hall–Kier alpha value is -1.91. The lowest BCUT2D eigenvalue weighted by molar-refractivity contribution is -0.300. The van der Waals surface area contributed by atoms with Crippen molar-refractivity contribution in [3.63, 3.8) is 0 Å². The normalized spacial score (nSPS) is 26.0. The van der Waals surface area contributed by atoms with E-state index in [4.69, 9.17) is 0 Å². The maximum Gasteiger partial charge on any atom is 0.219 e. The maximum atomic E-state index is 13.6. The van der Waals surface area contributed by atoms with Gasteiger partial charge in [0.25, 0.3) is 0 Å². The fourth-order valence-electron chi connectivity index (χ4n) is 8.68. The predicted molar refractivity (Wildman–Crippen MR) is 185 cm³/mol. The molecule has 1 aliphatic heterocycles. The van der Waals surface area contributed by atoms with Crippen molar-refractivity contribution in [2.75, 3.05) is 0 Å². The molecule has 234 valence electrons. The lowest BCUT2D eigenvalue weighted by atomic mass is 9.83. The highest BCUT2D eigenvalue weighted by atomic mass is 32.2. The third kappa shape index (κ3) is 6.92. The first-order chi connectivity index (χ1) is 21.6. The van der Waals surface area contributed by atoms with E-state index in [1.807, 2.05) is 35.3 Å². The van der Waals surface area contributed by atoms with Gasteiger partial charge in [-0.15, -0.1) is 0 Å². The van der Waals surface area contributed by atoms with E-state index in [-0.39, 0.29) is 11.5 Å². The van der Waals surface area contributed by atoms with Gasteiger partial charge < -0.3 is 5.11 Å². The highest BCUT2D eigenvalue weighted by Crippen LogP contribution is 2.48. The van der Waals surface area contributed by atoms with Crippen LogP contribution in [0, 0.1) is 11.8 Å². The van der Waals surface area contributed by atoms with Gasteiger partial charge in [0.15, 0.2) is 5.78 Å². The van der Waals surface area contributed by atoms with Crippen LogP contribution >= 0.6 is 23.1 Å². The van der Waals surface area contributed by atoms with Crippen molar-refractivity contribution in [3.8, 4) is 0 Å². The van der Waals surface area contributed by atoms with Crippen LogP contribution in [0.25, 0.3) is 6.08 Å². The molecule has 0 N–H and O–H groups in total. The van der Waals surface area contributed by atoms with Crippen LogP contribution in [-0.4, -0.2) is 5.78 Å². The van der Waals surface area contributed by atoms with Crippen molar-refractivity contribution in [2.24, 2.45) is 11.8 Å². The molecule has 1 aromatic heterocycles. The highest BCUT2D eigenvalue weighted by Gasteiger charge is 2.32. The Morgan fingerprint density at radius 3 is 1.48 bits per heavy atom. The second-order valence-corrected chi connectivity index (χ2v) is 16.8. The van der Waals surface area contributed by atoms with Gasteiger partial charge in [-0.25, -0.2) is 0 Å². The molecule has 0 saturated heterocycles. The Labute approximate surface area is 273 Å². The minimum atomic E-state index is -0.0630. The number of hydrogen-bond acceptors (Lipinski definition) is 3. The van der Waals surface area contributed by atoms with Crippen LogP contribution in [0.5, 0.6) is 0 Å². The maximum absolute atomic E-state index is 13.6. The van der Waals surface area contributed by atoms with Gasteiger partial charge in [-0.2, -0.15) is 0 Å². The first-order valence-corrected chi connectivity index (χ1v) is 19.7. The summed E-state index contributed by atoms with van der Waals surface area (Å²) in [6.07, 6.45) is 34.6. The molecule has 1 aromatic rings. The second-order valence-electron chi connectivity index (χ2n) is 14.5. The summed E-state index contributed by atoms with van der Waals surface area (Å²) in [6.45, 7) is 0. The molecule has 0 spiro atoms. The van der Waals surface area contributed by atoms with Crippen molar-refractivity contribution in [2.45, 2.75) is 140 Å². The monoisotopic (exact) mass is 626 g/mol. The number of carbonyl (C=O) groups excluding carboxylic acids is 1. The summed E-state index contributed by atoms with van der Waals surface area (Å²) >= 11 is 4.05. The Balaban J connectivity index is 1.19. The molecule has 44 heavy (non-hydrogen) atoms. The quantitative estimate of drug-likeness (QED) is 0.233. The third-order valence-corrected chi connectivity index (χ3v) is 14.1. The largest absolute Gasteiger partial charge is 0.871 e. The smallest absolute Gasteiger partial charge is 0.219 e. The summed E-state index contributed by atoms with van der Waals surface area (Å²) < 4.78 is 0. The van der Waals surface area contributed by atoms with Crippen LogP contribution in [0.15, 0.2) is 62.6 Å². The Morgan fingerprint density at radius 2 is 1.05 bits per heavy atom. The van der Waals surface area contributed by atoms with Crippen LogP contribution in [0.4, 0.5) is 0 Å². The van der Waals surface area contributed by atoms with Crippen molar-refractivity contribution < 1.29 is 9.90 Å². The van der Waals surface area contributed by atoms with E-state index in [0.29, 0.717) is 34.8 Å². The molecular formula is C40H50O2S2. The fraction of sp³-hybridized carbons (Fsp3) is 0.600. The van der Waals surface area contributed by atoms with Gasteiger partial charge in [0.05, 0.1) is 0 Å². The van der Waals surface area contributed by atoms with E-state index in [1.165, 1.54) is 148 Å². The summed E-state index contributed by atoms with van der Waals surface area (Å²) in [5.74, 6) is 2.41. The number of hydrogen-bond donors (Lipinski definition) is 0. The molecule has 0 bridgehead atoms. The van der Waals surface area contributed by atoms with Crippen molar-refractivity contribution in [1.82, 2.24) is 0 Å². The number of ketones is 1. The third-order valence-electron chi connectivity index (χ3n) is 11.3. The molecule has 0 amide bonds. The van der Waals surface area contributed by atoms with Crippen LogP contribution in [0.1, 0.15) is 156 Å². The Morgan fingerprint density at radius 1 is 0.614 bits per heavy atom. The lowest BCUT2D eigenvalue weighted by Crippen LogP contribution is -2.29. The van der Waals surface area contributed by atoms with Crippen LogP contribution in [0.2, 0.25) is 0 Å². The number of thioether (sulfide) groups is 1. The molecular weight excluding hydrogens is 577 g/mol. The summed E-state index contributed by atoms with van der Waals surface area (Å²) in [5.41, 5.74) is 2.91. The lowest BCUT2D eigenvalue weighted by Gasteiger charge is -2.32. The standard InChI is InChI=1S/C40H50O2S2/c41-39-33(21-27-23-35(29-13-5-1-6-14-29)43-36(24-27)30-15-7-2-8-16-30)40(42)34(39)22-28-25-37(31-17-9-3-10-18-31)44-38(26-28)32-19-11-4-12-20-32/h21-26,29-32H,1-20H2. The van der Waals surface area contributed by atoms with Gasteiger partial charge in [0, 0.05) is 35.1 Å². The minimum Gasteiger partial charge on any atom is -0.871 e. The first kappa shape index (κ1) is 30.7. The van der Waals surface area contributed by atoms with Gasteiger partial charge in [-0.3, -0.25) is 4.79 Å². The molecule has 0 aromatic carbocycles. The molecule has 0 radical (unpaired) electrons. The SMILES string of the molecule is O=C1C(=Cc2cc(C3CCCCC3)[s+]c(C3CCCCC3)c2)C([O-])=C1C=C1C=C(C2CCCCC2)SC(C2CCCCC2)=C1. The Kier molecular flexibility index (Phi) is 9.95. The van der Waals surface area contributed by atoms with Gasteiger partial charge in [-0.1, -0.05) is 94.6 Å². The number of Topliss-reactive ketones (excluding diaryl/α,β-unsaturated/α-hetero) is 1. The van der Waals surface area contributed by atoms with E-state index in [9.17, 15) is 9.90 Å². The topological polar surface area (TPSA) is 40.1 Å². The Bertz CT molecular complexity index is 1310. The second kappa shape index (κ2) is 14.2. The molecule has 6 aliphatic rings. The van der Waals surface area contributed by atoms with Crippen molar-refractivity contribution >= 4 is 35.0 Å². The average molecular weight is 627 g/mol. The van der Waals surface area contributed by atoms with Crippen LogP contribution in [0.3, 0.4) is 0 Å². The molecule has 2 nitrogen and oxygen atoms in total. The van der Waals surface area contributed by atoms with Crippen LogP contribution < -0.4 is 5.11 Å². The van der Waals surface area contributed by atoms with E-state index < -0.39 is 0 Å². The molecule has 4 saturated carbocycles. The van der Waals surface area contributed by atoms with Gasteiger partial charge in [-0.05, 0) is 108 Å². The van der Waals surface area contributed by atoms with E-state index in [1.54, 1.807) is 0 Å². The highest BCUT2D eigenvalue weighted by molar-refractivity contribution is 8.06. The molecule has 2 heterocycles. The summed E-state index contributed by atoms with van der Waals surface area (Å²) in [5, 5.41) is 13.6. The molecule has 7 rings (SSSR count). The minimum absolute atomic E-state index is 0.0630. The van der Waals surface area contributed by atoms with Crippen LogP contribution in [-0.2, 0) is 4.79 Å².